The largest absolute Gasteiger partial charge is 0.497 e. The lowest BCUT2D eigenvalue weighted by Crippen LogP contribution is -2.14. The fraction of sp³-hybridized carbons (Fsp3) is 0.250. The van der Waals surface area contributed by atoms with Crippen molar-refractivity contribution in [1.29, 1.82) is 5.26 Å². The molecule has 3 rings (SSSR count). The Kier molecular flexibility index (Phi) is 7.21. The summed E-state index contributed by atoms with van der Waals surface area (Å²) >= 11 is 2.41. The number of esters is 1. The molecule has 1 aromatic carbocycles. The van der Waals surface area contributed by atoms with Gasteiger partial charge in [0, 0.05) is 10.8 Å². The van der Waals surface area contributed by atoms with Crippen LogP contribution in [0.3, 0.4) is 0 Å². The van der Waals surface area contributed by atoms with Crippen LogP contribution >= 0.6 is 23.1 Å². The van der Waals surface area contributed by atoms with E-state index in [2.05, 4.69) is 21.4 Å². The molecule has 0 fully saturated rings. The summed E-state index contributed by atoms with van der Waals surface area (Å²) in [6.07, 6.45) is 0.0618. The van der Waals surface area contributed by atoms with Crippen LogP contribution in [0.1, 0.15) is 18.2 Å². The smallest absolute Gasteiger partial charge is 0.311 e. The molecule has 0 aliphatic heterocycles. The molecule has 0 aliphatic carbocycles. The zero-order valence-electron chi connectivity index (χ0n) is 16.3. The number of thioether (sulfide) groups is 1. The molecule has 3 aromatic rings. The molecule has 0 aliphatic rings. The average Bonchev–Trinajstić information content (AvgIpc) is 3.17. The first-order valence-corrected chi connectivity index (χ1v) is 10.8. The number of nitrogens with one attached hydrogen (secondary N) is 1. The Balaban J connectivity index is 1.63. The van der Waals surface area contributed by atoms with Crippen LogP contribution in [0, 0.1) is 11.3 Å². The Morgan fingerprint density at radius 2 is 2.13 bits per heavy atom. The molecule has 0 saturated carbocycles. The lowest BCUT2D eigenvalue weighted by molar-refractivity contribution is -0.142. The molecule has 1 N–H and O–H groups in total. The fourth-order valence-corrected chi connectivity index (χ4v) is 4.04. The predicted molar refractivity (Wildman–Crippen MR) is 115 cm³/mol. The number of carbonyl (C=O) groups excluding carboxylic acids is 2. The summed E-state index contributed by atoms with van der Waals surface area (Å²) in [6.45, 7) is 2.05. The van der Waals surface area contributed by atoms with Gasteiger partial charge in [-0.3, -0.25) is 9.59 Å². The number of aromatic nitrogens is 2. The summed E-state index contributed by atoms with van der Waals surface area (Å²) < 4.78 is 10.1. The number of thiazole rings is 1. The van der Waals surface area contributed by atoms with Gasteiger partial charge in [-0.05, 0) is 31.2 Å². The van der Waals surface area contributed by atoms with E-state index < -0.39 is 0 Å². The first-order chi connectivity index (χ1) is 14.5. The van der Waals surface area contributed by atoms with Gasteiger partial charge in [-0.15, -0.1) is 11.3 Å². The van der Waals surface area contributed by atoms with E-state index in [9.17, 15) is 14.9 Å². The number of ether oxygens (including phenoxy) is 2. The van der Waals surface area contributed by atoms with E-state index in [1.807, 2.05) is 0 Å². The molecule has 0 unspecified atom stereocenters. The lowest BCUT2D eigenvalue weighted by Gasteiger charge is -2.07. The number of hydrogen-bond acceptors (Lipinski definition) is 9. The van der Waals surface area contributed by atoms with Gasteiger partial charge in [-0.1, -0.05) is 11.8 Å². The van der Waals surface area contributed by atoms with Crippen LogP contribution in [0.4, 0.5) is 5.13 Å². The Bertz CT molecular complexity index is 1120. The van der Waals surface area contributed by atoms with Crippen molar-refractivity contribution in [2.75, 3.05) is 24.8 Å². The number of methoxy groups -OCH3 is 1. The van der Waals surface area contributed by atoms with E-state index in [0.717, 1.165) is 5.39 Å². The van der Waals surface area contributed by atoms with Crippen LogP contribution in [0.15, 0.2) is 34.7 Å². The number of carbonyl (C=O) groups is 2. The van der Waals surface area contributed by atoms with Crippen molar-refractivity contribution in [1.82, 2.24) is 9.97 Å². The maximum atomic E-state index is 12.3. The van der Waals surface area contributed by atoms with E-state index in [-0.39, 0.29) is 24.1 Å². The number of fused-ring (bicyclic) bond motifs is 1. The lowest BCUT2D eigenvalue weighted by atomic mass is 10.1. The summed E-state index contributed by atoms with van der Waals surface area (Å²) in [6, 6.07) is 9.25. The van der Waals surface area contributed by atoms with Crippen molar-refractivity contribution in [3.8, 4) is 11.8 Å². The third kappa shape index (κ3) is 5.46. The molecule has 2 aromatic heterocycles. The van der Waals surface area contributed by atoms with Crippen molar-refractivity contribution >= 4 is 51.0 Å². The number of nitrogens with zero attached hydrogens (tertiary/aromatic N) is 3. The molecule has 0 radical (unpaired) electrons. The molecule has 154 valence electrons. The van der Waals surface area contributed by atoms with Crippen LogP contribution in [0.25, 0.3) is 10.9 Å². The van der Waals surface area contributed by atoms with Gasteiger partial charge in [0.25, 0.3) is 0 Å². The molecule has 10 heteroatoms. The van der Waals surface area contributed by atoms with E-state index in [1.54, 1.807) is 43.7 Å². The molecule has 2 heterocycles. The van der Waals surface area contributed by atoms with Crippen LogP contribution < -0.4 is 10.1 Å². The van der Waals surface area contributed by atoms with E-state index >= 15 is 0 Å². The second-order valence-corrected chi connectivity index (χ2v) is 7.80. The van der Waals surface area contributed by atoms with E-state index in [0.29, 0.717) is 39.3 Å². The van der Waals surface area contributed by atoms with Crippen LogP contribution in [-0.2, 0) is 20.7 Å². The number of rotatable bonds is 8. The fourth-order valence-electron chi connectivity index (χ4n) is 2.55. The monoisotopic (exact) mass is 442 g/mol. The number of nitriles is 1. The Morgan fingerprint density at radius 3 is 2.87 bits per heavy atom. The number of pyridine rings is 1. The Labute approximate surface area is 181 Å². The highest BCUT2D eigenvalue weighted by molar-refractivity contribution is 8.00. The summed E-state index contributed by atoms with van der Waals surface area (Å²) in [5.41, 5.74) is 1.64. The predicted octanol–water partition coefficient (Wildman–Crippen LogP) is 3.41. The summed E-state index contributed by atoms with van der Waals surface area (Å²) in [7, 11) is 1.57. The van der Waals surface area contributed by atoms with Gasteiger partial charge < -0.3 is 14.8 Å². The molecule has 1 amide bonds. The molecule has 0 spiro atoms. The van der Waals surface area contributed by atoms with E-state index in [1.165, 1.54) is 23.1 Å². The average molecular weight is 443 g/mol. The van der Waals surface area contributed by atoms with Gasteiger partial charge in [-0.25, -0.2) is 9.97 Å². The van der Waals surface area contributed by atoms with Gasteiger partial charge >= 0.3 is 5.97 Å². The van der Waals surface area contributed by atoms with Crippen molar-refractivity contribution in [3.05, 3.63) is 40.9 Å². The standard InChI is InChI=1S/C20H18N4O4S2/c1-3-28-18(26)8-14-10-30-20(22-14)24-17(25)11-29-19-13(9-21)6-12-7-15(27-2)4-5-16(12)23-19/h4-7,10H,3,8,11H2,1-2H3,(H,22,24,25). The number of amides is 1. The summed E-state index contributed by atoms with van der Waals surface area (Å²) in [5.74, 6) is 0.104. The topological polar surface area (TPSA) is 114 Å². The summed E-state index contributed by atoms with van der Waals surface area (Å²) in [5, 5.41) is 15.5. The molecule has 30 heavy (non-hydrogen) atoms. The third-order valence-corrected chi connectivity index (χ3v) is 5.67. The van der Waals surface area contributed by atoms with Gasteiger partial charge in [-0.2, -0.15) is 5.26 Å². The highest BCUT2D eigenvalue weighted by Gasteiger charge is 2.13. The van der Waals surface area contributed by atoms with Crippen LogP contribution in [0.5, 0.6) is 5.75 Å². The van der Waals surface area contributed by atoms with Gasteiger partial charge in [0.05, 0.1) is 42.7 Å². The molecule has 0 saturated heterocycles. The minimum Gasteiger partial charge on any atom is -0.497 e. The molecular weight excluding hydrogens is 424 g/mol. The summed E-state index contributed by atoms with van der Waals surface area (Å²) in [4.78, 5) is 32.5. The second kappa shape index (κ2) is 10.0. The normalized spacial score (nSPS) is 10.4. The van der Waals surface area contributed by atoms with Gasteiger partial charge in [0.1, 0.15) is 16.8 Å². The number of benzene rings is 1. The highest BCUT2D eigenvalue weighted by Crippen LogP contribution is 2.27. The quantitative estimate of drug-likeness (QED) is 0.417. The first-order valence-electron chi connectivity index (χ1n) is 8.94. The van der Waals surface area contributed by atoms with Crippen molar-refractivity contribution in [2.45, 2.75) is 18.4 Å². The van der Waals surface area contributed by atoms with Gasteiger partial charge in [0.2, 0.25) is 5.91 Å². The SMILES string of the molecule is CCOC(=O)Cc1csc(NC(=O)CSc2nc3ccc(OC)cc3cc2C#N)n1. The van der Waals surface area contributed by atoms with Crippen molar-refractivity contribution in [2.24, 2.45) is 0 Å². The maximum absolute atomic E-state index is 12.3. The Hall–Kier alpha value is -3.16. The van der Waals surface area contributed by atoms with Crippen molar-refractivity contribution < 1.29 is 19.1 Å². The number of hydrogen-bond donors (Lipinski definition) is 1. The molecular formula is C20H18N4O4S2. The zero-order chi connectivity index (χ0) is 21.5. The van der Waals surface area contributed by atoms with Crippen LogP contribution in [-0.4, -0.2) is 41.3 Å². The maximum Gasteiger partial charge on any atom is 0.311 e. The minimum absolute atomic E-state index is 0.0618. The second-order valence-electron chi connectivity index (χ2n) is 5.97. The first kappa shape index (κ1) is 21.5. The number of anilines is 1. The van der Waals surface area contributed by atoms with Gasteiger partial charge in [0.15, 0.2) is 5.13 Å². The van der Waals surface area contributed by atoms with E-state index in [4.69, 9.17) is 9.47 Å². The van der Waals surface area contributed by atoms with Crippen molar-refractivity contribution in [3.63, 3.8) is 0 Å². The molecule has 0 atom stereocenters. The Morgan fingerprint density at radius 1 is 1.30 bits per heavy atom. The zero-order valence-corrected chi connectivity index (χ0v) is 17.9. The molecule has 0 bridgehead atoms. The third-order valence-electron chi connectivity index (χ3n) is 3.88. The molecule has 8 nitrogen and oxygen atoms in total. The minimum atomic E-state index is -0.361. The highest BCUT2D eigenvalue weighted by atomic mass is 32.2. The van der Waals surface area contributed by atoms with Crippen LogP contribution in [0.2, 0.25) is 0 Å².